The van der Waals surface area contributed by atoms with E-state index in [0.717, 1.165) is 6.42 Å². The molecule has 0 aliphatic carbocycles. The van der Waals surface area contributed by atoms with E-state index in [9.17, 15) is 4.79 Å². The van der Waals surface area contributed by atoms with Gasteiger partial charge in [-0.15, -0.1) is 0 Å². The van der Waals surface area contributed by atoms with Crippen LogP contribution >= 0.6 is 0 Å². The molecule has 0 aliphatic heterocycles. The van der Waals surface area contributed by atoms with E-state index in [1.165, 1.54) is 0 Å². The predicted octanol–water partition coefficient (Wildman–Crippen LogP) is 1.83. The van der Waals surface area contributed by atoms with Gasteiger partial charge in [0.1, 0.15) is 0 Å². The van der Waals surface area contributed by atoms with E-state index in [0.29, 0.717) is 24.0 Å². The van der Waals surface area contributed by atoms with Gasteiger partial charge in [-0.3, -0.25) is 4.79 Å². The summed E-state index contributed by atoms with van der Waals surface area (Å²) in [4.78, 5) is 16.6. The van der Waals surface area contributed by atoms with Crippen LogP contribution in [0.4, 0.5) is 5.69 Å². The van der Waals surface area contributed by atoms with E-state index in [2.05, 4.69) is 29.2 Å². The Labute approximate surface area is 124 Å². The van der Waals surface area contributed by atoms with Gasteiger partial charge in [-0.1, -0.05) is 13.8 Å². The summed E-state index contributed by atoms with van der Waals surface area (Å²) >= 11 is 0. The lowest BCUT2D eigenvalue weighted by Gasteiger charge is -2.17. The van der Waals surface area contributed by atoms with Gasteiger partial charge in [0, 0.05) is 25.1 Å². The van der Waals surface area contributed by atoms with Crippen LogP contribution < -0.4 is 11.1 Å². The van der Waals surface area contributed by atoms with Crippen molar-refractivity contribution >= 4 is 11.6 Å². The average Bonchev–Trinajstić information content (AvgIpc) is 2.99. The minimum absolute atomic E-state index is 0.0763. The first kappa shape index (κ1) is 15.2. The topological polar surface area (TPSA) is 85.8 Å². The number of anilines is 1. The Morgan fingerprint density at radius 2 is 2.19 bits per heavy atom. The molecule has 21 heavy (non-hydrogen) atoms. The largest absolute Gasteiger partial charge is 0.330 e. The van der Waals surface area contributed by atoms with Crippen LogP contribution in [0.5, 0.6) is 0 Å². The van der Waals surface area contributed by atoms with Gasteiger partial charge in [-0.05, 0) is 30.5 Å². The van der Waals surface area contributed by atoms with Crippen molar-refractivity contribution in [2.75, 3.05) is 11.9 Å². The summed E-state index contributed by atoms with van der Waals surface area (Å²) in [5, 5.41) is 7.06. The van der Waals surface area contributed by atoms with Gasteiger partial charge < -0.3 is 11.1 Å². The molecule has 1 amide bonds. The highest BCUT2D eigenvalue weighted by Crippen LogP contribution is 2.19. The summed E-state index contributed by atoms with van der Waals surface area (Å²) in [5.41, 5.74) is 6.35. The number of hydrogen-bond acceptors (Lipinski definition) is 4. The maximum absolute atomic E-state index is 12.4. The third-order valence-corrected chi connectivity index (χ3v) is 3.18. The van der Waals surface area contributed by atoms with E-state index in [1.54, 1.807) is 29.3 Å². The molecule has 6 heteroatoms. The second-order valence-corrected chi connectivity index (χ2v) is 5.38. The molecular weight excluding hydrogens is 266 g/mol. The van der Waals surface area contributed by atoms with Gasteiger partial charge >= 0.3 is 0 Å². The summed E-state index contributed by atoms with van der Waals surface area (Å²) in [5.74, 6) is 0.739. The standard InChI is InChI=1S/C15H21N5O/c1-11(2)9-12(10-16)15(21)19-13-5-3-6-17-14(13)20-8-4-7-18-20/h3-8,11-12H,9-10,16H2,1-2H3,(H,19,21). The SMILES string of the molecule is CC(C)CC(CN)C(=O)Nc1cccnc1-n1cccn1. The third kappa shape index (κ3) is 3.88. The second-order valence-electron chi connectivity index (χ2n) is 5.38. The van der Waals surface area contributed by atoms with E-state index in [-0.39, 0.29) is 11.8 Å². The molecule has 0 radical (unpaired) electrons. The maximum atomic E-state index is 12.4. The molecule has 1 atom stereocenters. The number of nitrogens with two attached hydrogens (primary N) is 1. The normalized spacial score (nSPS) is 12.4. The number of hydrogen-bond donors (Lipinski definition) is 2. The molecule has 112 valence electrons. The molecule has 2 heterocycles. The fourth-order valence-electron chi connectivity index (χ4n) is 2.19. The highest BCUT2D eigenvalue weighted by molar-refractivity contribution is 5.94. The van der Waals surface area contributed by atoms with Crippen molar-refractivity contribution in [2.24, 2.45) is 17.6 Å². The first-order valence-electron chi connectivity index (χ1n) is 7.07. The van der Waals surface area contributed by atoms with Crippen molar-refractivity contribution < 1.29 is 4.79 Å². The Morgan fingerprint density at radius 3 is 2.81 bits per heavy atom. The van der Waals surface area contributed by atoms with Crippen molar-refractivity contribution in [3.05, 3.63) is 36.8 Å². The van der Waals surface area contributed by atoms with Crippen LogP contribution in [0.3, 0.4) is 0 Å². The molecule has 0 saturated heterocycles. The van der Waals surface area contributed by atoms with Crippen LogP contribution in [0, 0.1) is 11.8 Å². The van der Waals surface area contributed by atoms with Gasteiger partial charge in [0.15, 0.2) is 5.82 Å². The van der Waals surface area contributed by atoms with Gasteiger partial charge in [0.05, 0.1) is 11.6 Å². The fourth-order valence-corrected chi connectivity index (χ4v) is 2.19. The number of rotatable bonds is 6. The van der Waals surface area contributed by atoms with Crippen molar-refractivity contribution in [2.45, 2.75) is 20.3 Å². The van der Waals surface area contributed by atoms with Crippen LogP contribution in [0.1, 0.15) is 20.3 Å². The van der Waals surface area contributed by atoms with E-state index in [4.69, 9.17) is 5.73 Å². The Hall–Kier alpha value is -2.21. The first-order valence-corrected chi connectivity index (χ1v) is 7.07. The molecular formula is C15H21N5O. The number of pyridine rings is 1. The molecule has 0 bridgehead atoms. The molecule has 2 aromatic rings. The summed E-state index contributed by atoms with van der Waals surface area (Å²) in [6.07, 6.45) is 5.88. The molecule has 0 fully saturated rings. The number of carbonyl (C=O) groups excluding carboxylic acids is 1. The molecule has 1 unspecified atom stereocenters. The van der Waals surface area contributed by atoms with Crippen LogP contribution in [-0.4, -0.2) is 27.2 Å². The van der Waals surface area contributed by atoms with Gasteiger partial charge in [-0.25, -0.2) is 9.67 Å². The minimum Gasteiger partial charge on any atom is -0.330 e. The number of nitrogens with one attached hydrogen (secondary N) is 1. The van der Waals surface area contributed by atoms with Crippen LogP contribution in [0.2, 0.25) is 0 Å². The summed E-state index contributed by atoms with van der Waals surface area (Å²) in [6, 6.07) is 5.40. The highest BCUT2D eigenvalue weighted by atomic mass is 16.1. The van der Waals surface area contributed by atoms with E-state index >= 15 is 0 Å². The third-order valence-electron chi connectivity index (χ3n) is 3.18. The van der Waals surface area contributed by atoms with Crippen molar-refractivity contribution in [1.29, 1.82) is 0 Å². The Kier molecular flexibility index (Phi) is 5.05. The van der Waals surface area contributed by atoms with Crippen molar-refractivity contribution in [3.63, 3.8) is 0 Å². The molecule has 0 aliphatic rings. The lowest BCUT2D eigenvalue weighted by molar-refractivity contribution is -0.120. The minimum atomic E-state index is -0.198. The molecule has 6 nitrogen and oxygen atoms in total. The zero-order chi connectivity index (χ0) is 15.2. The lowest BCUT2D eigenvalue weighted by atomic mass is 9.96. The second kappa shape index (κ2) is 6.99. The van der Waals surface area contributed by atoms with Crippen LogP contribution in [-0.2, 0) is 4.79 Å². The van der Waals surface area contributed by atoms with E-state index < -0.39 is 0 Å². The quantitative estimate of drug-likeness (QED) is 0.848. The predicted molar refractivity (Wildman–Crippen MR) is 82.0 cm³/mol. The van der Waals surface area contributed by atoms with Crippen LogP contribution in [0.25, 0.3) is 5.82 Å². The smallest absolute Gasteiger partial charge is 0.228 e. The number of amides is 1. The summed E-state index contributed by atoms with van der Waals surface area (Å²) in [6.45, 7) is 4.49. The lowest BCUT2D eigenvalue weighted by Crippen LogP contribution is -2.30. The maximum Gasteiger partial charge on any atom is 0.228 e. The molecule has 2 aromatic heterocycles. The fraction of sp³-hybridized carbons (Fsp3) is 0.400. The van der Waals surface area contributed by atoms with Crippen molar-refractivity contribution in [1.82, 2.24) is 14.8 Å². The van der Waals surface area contributed by atoms with Gasteiger partial charge in [0.25, 0.3) is 0 Å². The molecule has 2 rings (SSSR count). The number of carbonyl (C=O) groups is 1. The molecule has 0 saturated carbocycles. The highest BCUT2D eigenvalue weighted by Gasteiger charge is 2.19. The molecule has 0 spiro atoms. The molecule has 3 N–H and O–H groups in total. The Bertz CT molecular complexity index is 580. The monoisotopic (exact) mass is 287 g/mol. The number of aromatic nitrogens is 3. The molecule has 0 aromatic carbocycles. The zero-order valence-electron chi connectivity index (χ0n) is 12.4. The summed E-state index contributed by atoms with van der Waals surface area (Å²) < 4.78 is 1.62. The zero-order valence-corrected chi connectivity index (χ0v) is 12.4. The van der Waals surface area contributed by atoms with E-state index in [1.807, 2.05) is 12.1 Å². The summed E-state index contributed by atoms with van der Waals surface area (Å²) in [7, 11) is 0. The Balaban J connectivity index is 2.18. The van der Waals surface area contributed by atoms with Crippen molar-refractivity contribution in [3.8, 4) is 5.82 Å². The van der Waals surface area contributed by atoms with Gasteiger partial charge in [0.2, 0.25) is 5.91 Å². The average molecular weight is 287 g/mol. The Morgan fingerprint density at radius 1 is 1.38 bits per heavy atom. The van der Waals surface area contributed by atoms with Crippen LogP contribution in [0.15, 0.2) is 36.8 Å². The number of nitrogens with zero attached hydrogens (tertiary/aromatic N) is 3. The first-order chi connectivity index (χ1) is 10.1. The van der Waals surface area contributed by atoms with Gasteiger partial charge in [-0.2, -0.15) is 5.10 Å².